The van der Waals surface area contributed by atoms with Crippen molar-refractivity contribution in [3.63, 3.8) is 0 Å². The Labute approximate surface area is 338 Å². The second kappa shape index (κ2) is 17.9. The first-order valence-corrected chi connectivity index (χ1v) is 18.6. The highest BCUT2D eigenvalue weighted by Gasteiger charge is 2.23. The van der Waals surface area contributed by atoms with Gasteiger partial charge in [-0.05, 0) is 53.9 Å². The molecule has 0 atom stereocenters. The number of carbonyl (C=O) groups is 2. The smallest absolute Gasteiger partial charge is 0.341 e. The molecule has 7 rings (SSSR count). The Morgan fingerprint density at radius 3 is 1.95 bits per heavy atom. The number of halogens is 2. The second-order valence-electron chi connectivity index (χ2n) is 13.9. The number of carboxylic acids is 2. The van der Waals surface area contributed by atoms with Crippen molar-refractivity contribution >= 4 is 45.1 Å². The van der Waals surface area contributed by atoms with Crippen LogP contribution in [0.5, 0.6) is 5.75 Å². The standard InChI is InChI=1S/C26H23FN2O4.C20H19FN2O3/c1-29(15-17-9-6-10-18(11-17)33-2)24-19(12-16-7-4-3-5-8-16)23-20(13-22(24)27)25(30)21(14-28-23)26(31)32;1-3-23-12-15(20(25)26)19(24)14-9-16(21)18(10-17(14)23)22(2)11-13-7-5-4-6-8-13/h3-11,13-14H,12,15H2,1-2H3,(H,28,30)(H,31,32);4-10,12H,3,11H2,1-2H3,(H,25,26). The maximum atomic E-state index is 15.5. The lowest BCUT2D eigenvalue weighted by atomic mass is 9.97. The number of fused-ring (bicyclic) bond motifs is 2. The number of benzene rings is 5. The summed E-state index contributed by atoms with van der Waals surface area (Å²) >= 11 is 0. The minimum absolute atomic E-state index is 0.0110. The third kappa shape index (κ3) is 8.99. The van der Waals surface area contributed by atoms with Crippen LogP contribution in [0.4, 0.5) is 20.2 Å². The summed E-state index contributed by atoms with van der Waals surface area (Å²) in [6.45, 7) is 3.21. The highest BCUT2D eigenvalue weighted by atomic mass is 19.1. The van der Waals surface area contributed by atoms with Crippen LogP contribution in [0.2, 0.25) is 0 Å². The molecule has 0 aliphatic rings. The fraction of sp³-hybridized carbons (Fsp3) is 0.174. The molecule has 0 unspecified atom stereocenters. The van der Waals surface area contributed by atoms with E-state index < -0.39 is 40.0 Å². The molecule has 0 saturated carbocycles. The van der Waals surface area contributed by atoms with Crippen LogP contribution in [0.25, 0.3) is 21.8 Å². The molecule has 13 heteroatoms. The van der Waals surface area contributed by atoms with Crippen molar-refractivity contribution in [2.24, 2.45) is 0 Å². The van der Waals surface area contributed by atoms with E-state index in [1.807, 2.05) is 91.9 Å². The zero-order valence-corrected chi connectivity index (χ0v) is 32.8. The normalized spacial score (nSPS) is 10.9. The van der Waals surface area contributed by atoms with Crippen molar-refractivity contribution in [2.45, 2.75) is 33.0 Å². The molecule has 11 nitrogen and oxygen atoms in total. The topological polar surface area (TPSA) is 145 Å². The number of anilines is 2. The van der Waals surface area contributed by atoms with Gasteiger partial charge < -0.3 is 34.3 Å². The first kappa shape index (κ1) is 41.4. The van der Waals surface area contributed by atoms with Gasteiger partial charge in [0, 0.05) is 68.9 Å². The van der Waals surface area contributed by atoms with Crippen molar-refractivity contribution in [1.82, 2.24) is 9.55 Å². The molecule has 5 aromatic carbocycles. The Kier molecular flexibility index (Phi) is 12.5. The van der Waals surface area contributed by atoms with Gasteiger partial charge >= 0.3 is 11.9 Å². The van der Waals surface area contributed by atoms with Crippen LogP contribution < -0.4 is 25.4 Å². The van der Waals surface area contributed by atoms with Gasteiger partial charge in [-0.3, -0.25) is 9.59 Å². The zero-order valence-electron chi connectivity index (χ0n) is 32.8. The van der Waals surface area contributed by atoms with E-state index in [9.17, 15) is 33.8 Å². The van der Waals surface area contributed by atoms with Crippen LogP contribution in [0, 0.1) is 11.6 Å². The molecular formula is C46H42F2N4O7. The summed E-state index contributed by atoms with van der Waals surface area (Å²) in [7, 11) is 5.14. The Bertz CT molecular complexity index is 2790. The van der Waals surface area contributed by atoms with Gasteiger partial charge in [0.1, 0.15) is 28.5 Å². The van der Waals surface area contributed by atoms with E-state index in [2.05, 4.69) is 4.98 Å². The van der Waals surface area contributed by atoms with E-state index in [0.717, 1.165) is 28.8 Å². The number of nitrogens with zero attached hydrogens (tertiary/aromatic N) is 3. The maximum absolute atomic E-state index is 15.5. The van der Waals surface area contributed by atoms with E-state index in [4.69, 9.17) is 4.74 Å². The van der Waals surface area contributed by atoms with Gasteiger partial charge in [-0.2, -0.15) is 0 Å². The average Bonchev–Trinajstić information content (AvgIpc) is 3.22. The van der Waals surface area contributed by atoms with E-state index >= 15 is 4.39 Å². The average molecular weight is 801 g/mol. The summed E-state index contributed by atoms with van der Waals surface area (Å²) in [6.07, 6.45) is 2.84. The quantitative estimate of drug-likeness (QED) is 0.112. The molecule has 2 heterocycles. The van der Waals surface area contributed by atoms with Gasteiger partial charge in [0.25, 0.3) is 0 Å². The van der Waals surface area contributed by atoms with Crippen LogP contribution in [0.1, 0.15) is 49.9 Å². The van der Waals surface area contributed by atoms with Crippen LogP contribution in [-0.4, -0.2) is 52.9 Å². The number of rotatable bonds is 12. The number of carboxylic acid groups (broad SMARTS) is 2. The largest absolute Gasteiger partial charge is 0.497 e. The highest BCUT2D eigenvalue weighted by Crippen LogP contribution is 2.33. The number of nitrogens with one attached hydrogen (secondary N) is 1. The van der Waals surface area contributed by atoms with Crippen molar-refractivity contribution in [2.75, 3.05) is 31.0 Å². The van der Waals surface area contributed by atoms with Crippen molar-refractivity contribution < 1.29 is 33.3 Å². The first-order chi connectivity index (χ1) is 28.3. The van der Waals surface area contributed by atoms with E-state index in [1.54, 1.807) is 41.6 Å². The number of aromatic amines is 1. The number of methoxy groups -OCH3 is 1. The lowest BCUT2D eigenvalue weighted by Gasteiger charge is -2.25. The molecule has 302 valence electrons. The summed E-state index contributed by atoms with van der Waals surface area (Å²) in [5.41, 5.74) is 2.93. The van der Waals surface area contributed by atoms with E-state index in [0.29, 0.717) is 59.8 Å². The lowest BCUT2D eigenvalue weighted by Crippen LogP contribution is -2.22. The molecule has 0 fully saturated rings. The number of pyridine rings is 2. The molecule has 3 N–H and O–H groups in total. The van der Waals surface area contributed by atoms with Gasteiger partial charge in [-0.1, -0.05) is 72.8 Å². The number of aromatic carboxylic acids is 2. The number of hydrogen-bond donors (Lipinski definition) is 3. The Balaban J connectivity index is 0.000000204. The van der Waals surface area contributed by atoms with Crippen LogP contribution in [0.3, 0.4) is 0 Å². The molecule has 0 aliphatic carbocycles. The lowest BCUT2D eigenvalue weighted by molar-refractivity contribution is 0.0684. The molecule has 0 radical (unpaired) electrons. The summed E-state index contributed by atoms with van der Waals surface area (Å²) in [5, 5.41) is 18.6. The number of aromatic nitrogens is 2. The summed E-state index contributed by atoms with van der Waals surface area (Å²) < 4.78 is 37.2. The SMILES string of the molecule is CCn1cc(C(=O)O)c(=O)c2cc(F)c(N(C)Cc3ccccc3)cc21.COc1cccc(CN(C)c2c(F)cc3c(=O)c(C(=O)O)c[nH]c3c2Cc2ccccc2)c1. The van der Waals surface area contributed by atoms with Crippen molar-refractivity contribution in [3.8, 4) is 5.75 Å². The predicted molar refractivity (Wildman–Crippen MR) is 225 cm³/mol. The van der Waals surface area contributed by atoms with Crippen molar-refractivity contribution in [1.29, 1.82) is 0 Å². The minimum Gasteiger partial charge on any atom is -0.497 e. The van der Waals surface area contributed by atoms with Gasteiger partial charge in [-0.25, -0.2) is 18.4 Å². The van der Waals surface area contributed by atoms with Gasteiger partial charge in [0.15, 0.2) is 0 Å². The molecule has 2 aromatic heterocycles. The number of H-pyrrole nitrogens is 1. The maximum Gasteiger partial charge on any atom is 0.341 e. The molecule has 0 saturated heterocycles. The van der Waals surface area contributed by atoms with Crippen LogP contribution >= 0.6 is 0 Å². The summed E-state index contributed by atoms with van der Waals surface area (Å²) in [6, 6.07) is 30.6. The molecule has 0 bridgehead atoms. The zero-order chi connectivity index (χ0) is 42.4. The number of ether oxygens (including phenoxy) is 1. The monoisotopic (exact) mass is 800 g/mol. The van der Waals surface area contributed by atoms with E-state index in [1.165, 1.54) is 12.4 Å². The molecule has 7 aromatic rings. The first-order valence-electron chi connectivity index (χ1n) is 18.6. The Hall–Kier alpha value is -7.28. The van der Waals surface area contributed by atoms with Gasteiger partial charge in [0.05, 0.1) is 29.5 Å². The Morgan fingerprint density at radius 2 is 1.32 bits per heavy atom. The molecule has 0 amide bonds. The fourth-order valence-electron chi connectivity index (χ4n) is 7.11. The predicted octanol–water partition coefficient (Wildman–Crippen LogP) is 8.10. The van der Waals surface area contributed by atoms with Gasteiger partial charge in [-0.15, -0.1) is 0 Å². The number of hydrogen-bond acceptors (Lipinski definition) is 7. The fourth-order valence-corrected chi connectivity index (χ4v) is 7.11. The summed E-state index contributed by atoms with van der Waals surface area (Å²) in [4.78, 5) is 54.4. The minimum atomic E-state index is -1.36. The second-order valence-corrected chi connectivity index (χ2v) is 13.9. The van der Waals surface area contributed by atoms with Gasteiger partial charge in [0.2, 0.25) is 10.9 Å². The highest BCUT2D eigenvalue weighted by molar-refractivity contribution is 5.95. The summed E-state index contributed by atoms with van der Waals surface area (Å²) in [5.74, 6) is -3.12. The van der Waals surface area contributed by atoms with Crippen LogP contribution in [0.15, 0.2) is 125 Å². The third-order valence-electron chi connectivity index (χ3n) is 9.99. The van der Waals surface area contributed by atoms with Crippen LogP contribution in [-0.2, 0) is 26.1 Å². The Morgan fingerprint density at radius 1 is 0.729 bits per heavy atom. The number of aryl methyl sites for hydroxylation is 1. The van der Waals surface area contributed by atoms with Crippen molar-refractivity contribution in [3.05, 3.63) is 181 Å². The molecule has 0 aliphatic heterocycles. The molecule has 59 heavy (non-hydrogen) atoms. The van der Waals surface area contributed by atoms with E-state index in [-0.39, 0.29) is 16.3 Å². The molecular weight excluding hydrogens is 759 g/mol. The molecule has 0 spiro atoms. The third-order valence-corrected chi connectivity index (χ3v) is 9.99.